The third kappa shape index (κ3) is 1.03. The Hall–Kier alpha value is -2.02. The first-order chi connectivity index (χ1) is 9.29. The van der Waals surface area contributed by atoms with Crippen molar-refractivity contribution in [3.8, 4) is 0 Å². The van der Waals surface area contributed by atoms with E-state index in [4.69, 9.17) is 0 Å². The number of hydrogen-bond donors (Lipinski definition) is 1. The van der Waals surface area contributed by atoms with Gasteiger partial charge in [0.05, 0.1) is 0 Å². The molecule has 2 aliphatic carbocycles. The van der Waals surface area contributed by atoms with E-state index < -0.39 is 0 Å². The zero-order chi connectivity index (χ0) is 12.6. The molecule has 0 saturated heterocycles. The lowest BCUT2D eigenvalue weighted by Crippen LogP contribution is -2.30. The summed E-state index contributed by atoms with van der Waals surface area (Å²) in [6.45, 7) is 2.18. The molecule has 0 aromatic heterocycles. The Kier molecular flexibility index (Phi) is 1.52. The van der Waals surface area contributed by atoms with Gasteiger partial charge >= 0.3 is 0 Å². The summed E-state index contributed by atoms with van der Waals surface area (Å²) in [7, 11) is 0. The Morgan fingerprint density at radius 2 is 1.89 bits per heavy atom. The van der Waals surface area contributed by atoms with Crippen molar-refractivity contribution in [3.63, 3.8) is 0 Å². The van der Waals surface area contributed by atoms with Gasteiger partial charge in [-0.15, -0.1) is 0 Å². The Balaban J connectivity index is 1.82. The Labute approximate surface area is 112 Å². The van der Waals surface area contributed by atoms with E-state index in [0.29, 0.717) is 12.0 Å². The van der Waals surface area contributed by atoms with Crippen molar-refractivity contribution in [1.29, 1.82) is 0 Å². The second-order valence-electron chi connectivity index (χ2n) is 6.07. The number of rotatable bonds is 0. The van der Waals surface area contributed by atoms with Gasteiger partial charge in [0.2, 0.25) is 0 Å². The van der Waals surface area contributed by atoms with Crippen LogP contribution in [0.4, 0.5) is 5.69 Å². The van der Waals surface area contributed by atoms with Crippen LogP contribution in [0.2, 0.25) is 0 Å². The van der Waals surface area contributed by atoms with Gasteiger partial charge in [-0.3, -0.25) is 0 Å². The lowest BCUT2D eigenvalue weighted by Gasteiger charge is -2.15. The fourth-order valence-corrected chi connectivity index (χ4v) is 4.04. The van der Waals surface area contributed by atoms with Gasteiger partial charge in [-0.25, -0.2) is 0 Å². The minimum atomic E-state index is 0.232. The van der Waals surface area contributed by atoms with E-state index in [1.165, 1.54) is 27.3 Å². The molecule has 19 heavy (non-hydrogen) atoms. The molecule has 1 nitrogen and oxygen atoms in total. The van der Waals surface area contributed by atoms with Crippen LogP contribution in [0, 0.1) is 12.8 Å². The van der Waals surface area contributed by atoms with Crippen molar-refractivity contribution < 1.29 is 0 Å². The summed E-state index contributed by atoms with van der Waals surface area (Å²) < 4.78 is 0. The SMILES string of the molecule is Cc1ccc2c(c1)[C@]13C=c4ccccc4=CC1C3N2. The van der Waals surface area contributed by atoms with Gasteiger partial charge < -0.3 is 5.32 Å². The van der Waals surface area contributed by atoms with Crippen LogP contribution in [0.3, 0.4) is 0 Å². The molecule has 1 heteroatoms. The Bertz CT molecular complexity index is 833. The minimum Gasteiger partial charge on any atom is -0.380 e. The zero-order valence-electron chi connectivity index (χ0n) is 10.9. The van der Waals surface area contributed by atoms with Crippen molar-refractivity contribution in [1.82, 2.24) is 0 Å². The molecule has 2 aromatic rings. The lowest BCUT2D eigenvalue weighted by atomic mass is 9.88. The monoisotopic (exact) mass is 245 g/mol. The highest BCUT2D eigenvalue weighted by molar-refractivity contribution is 5.81. The topological polar surface area (TPSA) is 12.0 Å². The largest absolute Gasteiger partial charge is 0.380 e. The summed E-state index contributed by atoms with van der Waals surface area (Å²) >= 11 is 0. The normalized spacial score (nSPS) is 31.8. The number of aryl methyl sites for hydroxylation is 1. The van der Waals surface area contributed by atoms with E-state index in [2.05, 4.69) is 66.9 Å². The van der Waals surface area contributed by atoms with E-state index in [-0.39, 0.29) is 5.41 Å². The van der Waals surface area contributed by atoms with Crippen LogP contribution in [0.1, 0.15) is 11.1 Å². The van der Waals surface area contributed by atoms with Crippen LogP contribution in [0.15, 0.2) is 42.5 Å². The van der Waals surface area contributed by atoms with Crippen LogP contribution < -0.4 is 15.8 Å². The number of anilines is 1. The molecule has 1 aliphatic heterocycles. The Morgan fingerprint density at radius 3 is 2.79 bits per heavy atom. The first-order valence-corrected chi connectivity index (χ1v) is 6.96. The smallest absolute Gasteiger partial charge is 0.0475 e. The van der Waals surface area contributed by atoms with Crippen molar-refractivity contribution in [2.75, 3.05) is 5.32 Å². The number of fused-ring (bicyclic) bond motifs is 3. The van der Waals surface area contributed by atoms with Gasteiger partial charge in [-0.2, -0.15) is 0 Å². The molecule has 5 rings (SSSR count). The standard InChI is InChI=1S/C18H15N/c1-11-6-7-16-14(8-11)18-10-13-5-3-2-4-12(13)9-15(18)17(18)19-16/h2-10,15,17,19H,1H3/t15?,17?,18-/m1/s1. The summed E-state index contributed by atoms with van der Waals surface area (Å²) in [6.07, 6.45) is 4.95. The highest BCUT2D eigenvalue weighted by atomic mass is 15.1. The predicted octanol–water partition coefficient (Wildman–Crippen LogP) is 1.93. The van der Waals surface area contributed by atoms with Crippen molar-refractivity contribution in [2.45, 2.75) is 18.4 Å². The maximum atomic E-state index is 3.70. The van der Waals surface area contributed by atoms with E-state index in [0.717, 1.165) is 0 Å². The molecule has 3 atom stereocenters. The van der Waals surface area contributed by atoms with Gasteiger partial charge in [-0.05, 0) is 29.0 Å². The molecule has 3 aliphatic rings. The van der Waals surface area contributed by atoms with Crippen LogP contribution >= 0.6 is 0 Å². The summed E-state index contributed by atoms with van der Waals surface area (Å²) in [6, 6.07) is 16.1. The second-order valence-corrected chi connectivity index (χ2v) is 6.07. The van der Waals surface area contributed by atoms with Crippen LogP contribution in [0.5, 0.6) is 0 Å². The molecule has 1 N–H and O–H groups in total. The summed E-state index contributed by atoms with van der Waals surface area (Å²) in [4.78, 5) is 0. The molecule has 0 radical (unpaired) electrons. The number of benzene rings is 2. The quantitative estimate of drug-likeness (QED) is 0.748. The third-order valence-corrected chi connectivity index (χ3v) is 5.02. The van der Waals surface area contributed by atoms with Crippen molar-refractivity contribution in [3.05, 3.63) is 64.0 Å². The summed E-state index contributed by atoms with van der Waals surface area (Å²) in [5.74, 6) is 0.636. The van der Waals surface area contributed by atoms with Gasteiger partial charge in [-0.1, -0.05) is 54.1 Å². The molecule has 0 amide bonds. The molecule has 1 heterocycles. The molecule has 92 valence electrons. The molecular weight excluding hydrogens is 230 g/mol. The van der Waals surface area contributed by atoms with Crippen LogP contribution in [-0.2, 0) is 5.41 Å². The van der Waals surface area contributed by atoms with Crippen molar-refractivity contribution in [2.24, 2.45) is 5.92 Å². The first-order valence-electron chi connectivity index (χ1n) is 6.96. The molecule has 1 spiro atoms. The van der Waals surface area contributed by atoms with Gasteiger partial charge in [0.1, 0.15) is 0 Å². The van der Waals surface area contributed by atoms with E-state index in [1.807, 2.05) is 0 Å². The molecule has 2 unspecified atom stereocenters. The van der Waals surface area contributed by atoms with Gasteiger partial charge in [0, 0.05) is 23.1 Å². The fraction of sp³-hybridized carbons (Fsp3) is 0.222. The summed E-state index contributed by atoms with van der Waals surface area (Å²) in [5.41, 5.74) is 4.41. The summed E-state index contributed by atoms with van der Waals surface area (Å²) in [5, 5.41) is 6.48. The zero-order valence-corrected chi connectivity index (χ0v) is 10.9. The van der Waals surface area contributed by atoms with Crippen molar-refractivity contribution >= 4 is 17.8 Å². The number of nitrogens with one attached hydrogen (secondary N) is 1. The molecule has 0 bridgehead atoms. The molecular formula is C18H15N. The van der Waals surface area contributed by atoms with Gasteiger partial charge in [0.25, 0.3) is 0 Å². The first kappa shape index (κ1) is 9.85. The fourth-order valence-electron chi connectivity index (χ4n) is 4.04. The Morgan fingerprint density at radius 1 is 1.05 bits per heavy atom. The highest BCUT2D eigenvalue weighted by Gasteiger charge is 2.67. The average Bonchev–Trinajstić information content (AvgIpc) is 2.94. The minimum absolute atomic E-state index is 0.232. The second kappa shape index (κ2) is 2.93. The van der Waals surface area contributed by atoms with Crippen LogP contribution in [0.25, 0.3) is 12.2 Å². The average molecular weight is 245 g/mol. The maximum absolute atomic E-state index is 3.70. The lowest BCUT2D eigenvalue weighted by molar-refractivity contribution is 0.893. The third-order valence-electron chi connectivity index (χ3n) is 5.02. The molecule has 2 aromatic carbocycles. The van der Waals surface area contributed by atoms with E-state index in [9.17, 15) is 0 Å². The van der Waals surface area contributed by atoms with Crippen LogP contribution in [-0.4, -0.2) is 6.04 Å². The molecule has 1 fully saturated rings. The van der Waals surface area contributed by atoms with E-state index in [1.54, 1.807) is 0 Å². The maximum Gasteiger partial charge on any atom is 0.0475 e. The predicted molar refractivity (Wildman–Crippen MR) is 78.4 cm³/mol. The van der Waals surface area contributed by atoms with Gasteiger partial charge in [0.15, 0.2) is 0 Å². The highest BCUT2D eigenvalue weighted by Crippen LogP contribution is 2.64. The number of hydrogen-bond acceptors (Lipinski definition) is 1. The van der Waals surface area contributed by atoms with E-state index >= 15 is 0 Å². The molecule has 1 saturated carbocycles.